The van der Waals surface area contributed by atoms with Gasteiger partial charge in [-0.15, -0.1) is 0 Å². The van der Waals surface area contributed by atoms with E-state index in [2.05, 4.69) is 0 Å². The van der Waals surface area contributed by atoms with Crippen molar-refractivity contribution < 1.29 is 19.0 Å². The molecule has 1 aliphatic rings. The number of carboxylic acids is 1. The monoisotopic (exact) mass is 395 g/mol. The Morgan fingerprint density at radius 3 is 2.72 bits per heavy atom. The number of hydrogen-bond donors (Lipinski definition) is 1. The molecule has 3 aromatic rings. The van der Waals surface area contributed by atoms with Crippen LogP contribution in [0, 0.1) is 5.82 Å². The van der Waals surface area contributed by atoms with Crippen LogP contribution in [-0.4, -0.2) is 21.7 Å². The van der Waals surface area contributed by atoms with Crippen molar-refractivity contribution in [2.24, 2.45) is 7.05 Å². The Bertz CT molecular complexity index is 1030. The molecular formula is C24H26FNO3. The van der Waals surface area contributed by atoms with Crippen molar-refractivity contribution in [1.29, 1.82) is 0 Å². The number of hydrogen-bond acceptors (Lipinski definition) is 2. The van der Waals surface area contributed by atoms with E-state index in [4.69, 9.17) is 9.84 Å². The van der Waals surface area contributed by atoms with Crippen LogP contribution in [0.2, 0.25) is 0 Å². The topological polar surface area (TPSA) is 51.5 Å². The van der Waals surface area contributed by atoms with Crippen molar-refractivity contribution in [2.75, 3.05) is 0 Å². The number of ether oxygens (including phenoxy) is 1. The van der Waals surface area contributed by atoms with Gasteiger partial charge in [0.05, 0.1) is 6.10 Å². The summed E-state index contributed by atoms with van der Waals surface area (Å²) in [5, 5.41) is 10.1. The first-order valence-corrected chi connectivity index (χ1v) is 10.3. The molecule has 0 saturated heterocycles. The minimum absolute atomic E-state index is 0.0283. The summed E-state index contributed by atoms with van der Waals surface area (Å²) in [6.07, 6.45) is 7.58. The number of aromatic nitrogens is 1. The van der Waals surface area contributed by atoms with Gasteiger partial charge < -0.3 is 14.4 Å². The molecular weight excluding hydrogens is 369 g/mol. The minimum Gasteiger partial charge on any atom is -0.487 e. The lowest BCUT2D eigenvalue weighted by Crippen LogP contribution is -2.20. The maximum absolute atomic E-state index is 15.1. The number of fused-ring (bicyclic) bond motifs is 1. The summed E-state index contributed by atoms with van der Waals surface area (Å²) < 4.78 is 23.3. The molecule has 0 unspecified atom stereocenters. The molecule has 0 radical (unpaired) electrons. The number of carbonyl (C=O) groups is 1. The van der Waals surface area contributed by atoms with Crippen LogP contribution in [0.1, 0.15) is 44.1 Å². The quantitative estimate of drug-likeness (QED) is 0.581. The van der Waals surface area contributed by atoms with Gasteiger partial charge in [0, 0.05) is 36.1 Å². The highest BCUT2D eigenvalue weighted by molar-refractivity contribution is 5.87. The van der Waals surface area contributed by atoms with E-state index < -0.39 is 11.8 Å². The standard InChI is InChI=1S/C24H26FNO3/c1-26-12-11-18-15-17(8-9-22(18)26)20-13-16(7-10-23(27)28)14-21(25)24(20)29-19-5-3-2-4-6-19/h8-9,11-15,19H,2-7,10H2,1H3,(H,27,28). The summed E-state index contributed by atoms with van der Waals surface area (Å²) in [5.74, 6) is -1.02. The molecule has 29 heavy (non-hydrogen) atoms. The molecule has 1 heterocycles. The molecule has 1 saturated carbocycles. The Labute approximate surface area is 169 Å². The Kier molecular flexibility index (Phi) is 5.56. The zero-order valence-electron chi connectivity index (χ0n) is 16.7. The van der Waals surface area contributed by atoms with Crippen molar-refractivity contribution in [2.45, 2.75) is 51.0 Å². The van der Waals surface area contributed by atoms with Crippen LogP contribution in [0.25, 0.3) is 22.0 Å². The summed E-state index contributed by atoms with van der Waals surface area (Å²) in [5.41, 5.74) is 3.35. The normalized spacial score (nSPS) is 15.0. The van der Waals surface area contributed by atoms with Crippen molar-refractivity contribution >= 4 is 16.9 Å². The highest BCUT2D eigenvalue weighted by atomic mass is 19.1. The molecule has 1 aromatic heterocycles. The molecule has 0 atom stereocenters. The fourth-order valence-corrected chi connectivity index (χ4v) is 4.18. The Balaban J connectivity index is 1.76. The predicted molar refractivity (Wildman–Crippen MR) is 112 cm³/mol. The highest BCUT2D eigenvalue weighted by Gasteiger charge is 2.21. The van der Waals surface area contributed by atoms with Crippen LogP contribution in [0.3, 0.4) is 0 Å². The van der Waals surface area contributed by atoms with Crippen molar-refractivity contribution in [1.82, 2.24) is 4.57 Å². The van der Waals surface area contributed by atoms with Gasteiger partial charge in [-0.2, -0.15) is 0 Å². The number of nitrogens with zero attached hydrogens (tertiary/aromatic N) is 1. The van der Waals surface area contributed by atoms with Gasteiger partial charge in [-0.05, 0) is 73.6 Å². The van der Waals surface area contributed by atoms with Gasteiger partial charge in [-0.3, -0.25) is 4.79 Å². The molecule has 0 amide bonds. The van der Waals surface area contributed by atoms with E-state index >= 15 is 4.39 Å². The molecule has 1 N–H and O–H groups in total. The van der Waals surface area contributed by atoms with Gasteiger partial charge in [0.2, 0.25) is 0 Å². The number of rotatable bonds is 6. The van der Waals surface area contributed by atoms with E-state index in [0.29, 0.717) is 11.1 Å². The lowest BCUT2D eigenvalue weighted by atomic mass is 9.96. The molecule has 1 fully saturated rings. The Hall–Kier alpha value is -2.82. The first-order chi connectivity index (χ1) is 14.0. The van der Waals surface area contributed by atoms with Gasteiger partial charge in [0.1, 0.15) is 0 Å². The molecule has 152 valence electrons. The van der Waals surface area contributed by atoms with Crippen LogP contribution in [-0.2, 0) is 18.3 Å². The van der Waals surface area contributed by atoms with Crippen LogP contribution in [0.5, 0.6) is 5.75 Å². The number of halogens is 1. The first-order valence-electron chi connectivity index (χ1n) is 10.3. The van der Waals surface area contributed by atoms with E-state index in [9.17, 15) is 4.79 Å². The highest BCUT2D eigenvalue weighted by Crippen LogP contribution is 2.37. The number of carboxylic acid groups (broad SMARTS) is 1. The lowest BCUT2D eigenvalue weighted by molar-refractivity contribution is -0.136. The number of aryl methyl sites for hydroxylation is 2. The Morgan fingerprint density at radius 2 is 1.97 bits per heavy atom. The first kappa shape index (κ1) is 19.5. The minimum atomic E-state index is -0.889. The zero-order chi connectivity index (χ0) is 20.4. The fourth-order valence-electron chi connectivity index (χ4n) is 4.18. The third-order valence-electron chi connectivity index (χ3n) is 5.76. The molecule has 5 heteroatoms. The average Bonchev–Trinajstić information content (AvgIpc) is 3.09. The largest absolute Gasteiger partial charge is 0.487 e. The van der Waals surface area contributed by atoms with Gasteiger partial charge in [-0.25, -0.2) is 4.39 Å². The lowest BCUT2D eigenvalue weighted by Gasteiger charge is -2.25. The second-order valence-corrected chi connectivity index (χ2v) is 7.93. The average molecular weight is 395 g/mol. The van der Waals surface area contributed by atoms with E-state index in [1.807, 2.05) is 48.1 Å². The molecule has 4 nitrogen and oxygen atoms in total. The molecule has 4 rings (SSSR count). The van der Waals surface area contributed by atoms with E-state index in [0.717, 1.165) is 42.1 Å². The number of benzene rings is 2. The van der Waals surface area contributed by atoms with Crippen LogP contribution in [0.4, 0.5) is 4.39 Å². The van der Waals surface area contributed by atoms with Crippen molar-refractivity contribution in [3.05, 3.63) is 54.0 Å². The van der Waals surface area contributed by atoms with Crippen molar-refractivity contribution in [3.63, 3.8) is 0 Å². The molecule has 0 aliphatic heterocycles. The third kappa shape index (κ3) is 4.29. The summed E-state index contributed by atoms with van der Waals surface area (Å²) in [6.45, 7) is 0. The van der Waals surface area contributed by atoms with Crippen molar-refractivity contribution in [3.8, 4) is 16.9 Å². The SMILES string of the molecule is Cn1ccc2cc(-c3cc(CCC(=O)O)cc(F)c3OC3CCCCC3)ccc21. The summed E-state index contributed by atoms with van der Waals surface area (Å²) >= 11 is 0. The summed E-state index contributed by atoms with van der Waals surface area (Å²) in [7, 11) is 1.99. The second-order valence-electron chi connectivity index (χ2n) is 7.93. The fraction of sp³-hybridized carbons (Fsp3) is 0.375. The Morgan fingerprint density at radius 1 is 1.17 bits per heavy atom. The van der Waals surface area contributed by atoms with Gasteiger partial charge >= 0.3 is 5.97 Å². The smallest absolute Gasteiger partial charge is 0.303 e. The molecule has 2 aromatic carbocycles. The van der Waals surface area contributed by atoms with Gasteiger partial charge in [0.25, 0.3) is 0 Å². The van der Waals surface area contributed by atoms with Gasteiger partial charge in [-0.1, -0.05) is 12.5 Å². The third-order valence-corrected chi connectivity index (χ3v) is 5.76. The second kappa shape index (κ2) is 8.27. The molecule has 0 bridgehead atoms. The van der Waals surface area contributed by atoms with E-state index in [1.54, 1.807) is 0 Å². The molecule has 0 spiro atoms. The predicted octanol–water partition coefficient (Wildman–Crippen LogP) is 5.71. The van der Waals surface area contributed by atoms with Gasteiger partial charge in [0.15, 0.2) is 11.6 Å². The van der Waals surface area contributed by atoms with Crippen LogP contribution < -0.4 is 4.74 Å². The van der Waals surface area contributed by atoms with E-state index in [-0.39, 0.29) is 24.7 Å². The maximum Gasteiger partial charge on any atom is 0.303 e. The summed E-state index contributed by atoms with van der Waals surface area (Å²) in [6, 6.07) is 11.4. The summed E-state index contributed by atoms with van der Waals surface area (Å²) in [4.78, 5) is 11.0. The molecule has 1 aliphatic carbocycles. The van der Waals surface area contributed by atoms with Crippen LogP contribution in [0.15, 0.2) is 42.6 Å². The van der Waals surface area contributed by atoms with Crippen LogP contribution >= 0.6 is 0 Å². The number of aliphatic carboxylic acids is 1. The van der Waals surface area contributed by atoms with E-state index in [1.165, 1.54) is 12.5 Å². The zero-order valence-corrected chi connectivity index (χ0v) is 16.7. The maximum atomic E-state index is 15.1.